The average Bonchev–Trinajstić information content (AvgIpc) is 2.48. The zero-order chi connectivity index (χ0) is 16.9. The summed E-state index contributed by atoms with van der Waals surface area (Å²) in [4.78, 5) is 0. The van der Waals surface area contributed by atoms with Crippen LogP contribution in [-0.2, 0) is 17.8 Å². The summed E-state index contributed by atoms with van der Waals surface area (Å²) in [5.74, 6) is 0.255. The van der Waals surface area contributed by atoms with E-state index in [2.05, 4.69) is 12.1 Å². The molecule has 0 bridgehead atoms. The molecule has 0 heterocycles. The van der Waals surface area contributed by atoms with E-state index in [-0.39, 0.29) is 5.75 Å². The Bertz CT molecular complexity index is 639. The zero-order valence-corrected chi connectivity index (χ0v) is 16.1. The number of ether oxygens (including phenoxy) is 1. The summed E-state index contributed by atoms with van der Waals surface area (Å²) in [7, 11) is 1.68. The van der Waals surface area contributed by atoms with Crippen LogP contribution in [0.5, 0.6) is 5.75 Å². The minimum Gasteiger partial charge on any atom is -0.508 e. The number of benzene rings is 2. The van der Waals surface area contributed by atoms with Crippen LogP contribution in [0.15, 0.2) is 42.5 Å². The highest BCUT2D eigenvalue weighted by Gasteiger charge is 2.24. The van der Waals surface area contributed by atoms with E-state index >= 15 is 0 Å². The van der Waals surface area contributed by atoms with Crippen LogP contribution in [0.4, 0.5) is 0 Å². The number of aryl methyl sites for hydroxylation is 1. The summed E-state index contributed by atoms with van der Waals surface area (Å²) in [6.07, 6.45) is 1.56. The molecule has 2 aromatic carbocycles. The summed E-state index contributed by atoms with van der Waals surface area (Å²) in [6, 6.07) is 11.7. The maximum atomic E-state index is 9.77. The molecule has 0 aromatic heterocycles. The summed E-state index contributed by atoms with van der Waals surface area (Å²) < 4.78 is 5.13. The molecule has 23 heavy (non-hydrogen) atoms. The molecule has 2 aromatic rings. The fourth-order valence-corrected chi connectivity index (χ4v) is 4.28. The van der Waals surface area contributed by atoms with Gasteiger partial charge >= 0.3 is 6.00 Å². The van der Waals surface area contributed by atoms with Crippen molar-refractivity contribution >= 4 is 39.2 Å². The van der Waals surface area contributed by atoms with E-state index in [1.54, 1.807) is 19.2 Å². The number of hydrogen-bond acceptors (Lipinski definition) is 2. The fraction of sp³-hybridized carbons (Fsp3) is 0.294. The van der Waals surface area contributed by atoms with Gasteiger partial charge in [0.2, 0.25) is 0 Å². The number of aromatic hydroxyl groups is 1. The molecular weight excluding hydrogens is 371 g/mol. The largest absolute Gasteiger partial charge is 0.508 e. The van der Waals surface area contributed by atoms with Gasteiger partial charge in [-0.2, -0.15) is 0 Å². The van der Waals surface area contributed by atoms with Crippen LogP contribution in [0.3, 0.4) is 0 Å². The monoisotopic (exact) mass is 388 g/mol. The average molecular weight is 390 g/mol. The highest BCUT2D eigenvalue weighted by atomic mass is 35.8. The molecule has 0 fully saturated rings. The van der Waals surface area contributed by atoms with E-state index in [9.17, 15) is 5.11 Å². The van der Waals surface area contributed by atoms with Crippen molar-refractivity contribution in [2.75, 3.05) is 7.11 Å². The second kappa shape index (κ2) is 8.40. The van der Waals surface area contributed by atoms with Crippen molar-refractivity contribution in [1.29, 1.82) is 0 Å². The Morgan fingerprint density at radius 2 is 1.74 bits per heavy atom. The van der Waals surface area contributed by atoms with E-state index in [1.807, 2.05) is 18.2 Å². The normalized spacial score (nSPS) is 11.7. The van der Waals surface area contributed by atoms with Gasteiger partial charge < -0.3 is 9.84 Å². The summed E-state index contributed by atoms with van der Waals surface area (Å²) in [5, 5.41) is 9.77. The number of methoxy groups -OCH3 is 1. The van der Waals surface area contributed by atoms with Gasteiger partial charge in [-0.15, -0.1) is 33.2 Å². The number of rotatable bonds is 7. The molecule has 0 atom stereocenters. The number of halogens is 3. The molecule has 0 saturated heterocycles. The SMILES string of the molecule is COCc1ccc(-c2ccc(O)cc2CCC[Si](Cl)(Cl)Cl)cc1. The summed E-state index contributed by atoms with van der Waals surface area (Å²) in [5.41, 5.74) is 4.38. The number of phenols is 1. The molecule has 0 amide bonds. The van der Waals surface area contributed by atoms with Crippen LogP contribution < -0.4 is 0 Å². The Labute approximate surface area is 152 Å². The van der Waals surface area contributed by atoms with Crippen molar-refractivity contribution in [3.63, 3.8) is 0 Å². The van der Waals surface area contributed by atoms with Crippen LogP contribution in [0.1, 0.15) is 17.5 Å². The van der Waals surface area contributed by atoms with Gasteiger partial charge in [-0.05, 0) is 53.3 Å². The van der Waals surface area contributed by atoms with Crippen molar-refractivity contribution in [1.82, 2.24) is 0 Å². The molecule has 0 spiro atoms. The van der Waals surface area contributed by atoms with E-state index < -0.39 is 6.00 Å². The van der Waals surface area contributed by atoms with E-state index in [0.29, 0.717) is 12.7 Å². The molecule has 0 aliphatic rings. The fourth-order valence-electron chi connectivity index (χ4n) is 2.50. The van der Waals surface area contributed by atoms with Gasteiger partial charge in [0.15, 0.2) is 0 Å². The highest BCUT2D eigenvalue weighted by Crippen LogP contribution is 2.31. The molecule has 1 N–H and O–H groups in total. The van der Waals surface area contributed by atoms with Crippen LogP contribution in [0, 0.1) is 0 Å². The predicted octanol–water partition coefficient (Wildman–Crippen LogP) is 5.79. The molecule has 6 heteroatoms. The van der Waals surface area contributed by atoms with Crippen LogP contribution in [-0.4, -0.2) is 18.2 Å². The molecule has 0 unspecified atom stereocenters. The molecule has 0 saturated carbocycles. The lowest BCUT2D eigenvalue weighted by molar-refractivity contribution is 0.185. The van der Waals surface area contributed by atoms with Gasteiger partial charge in [-0.25, -0.2) is 0 Å². The molecule has 2 nitrogen and oxygen atoms in total. The van der Waals surface area contributed by atoms with E-state index in [1.165, 1.54) is 0 Å². The minimum atomic E-state index is -2.60. The summed E-state index contributed by atoms with van der Waals surface area (Å²) >= 11 is 17.8. The van der Waals surface area contributed by atoms with E-state index in [4.69, 9.17) is 38.0 Å². The molecule has 0 aliphatic heterocycles. The highest BCUT2D eigenvalue weighted by molar-refractivity contribution is 7.64. The maximum Gasteiger partial charge on any atom is 0.341 e. The first kappa shape index (κ1) is 18.6. The topological polar surface area (TPSA) is 29.5 Å². The first-order valence-electron chi connectivity index (χ1n) is 7.36. The van der Waals surface area contributed by atoms with E-state index in [0.717, 1.165) is 35.1 Å². The lowest BCUT2D eigenvalue weighted by atomic mass is 9.96. The molecule has 124 valence electrons. The van der Waals surface area contributed by atoms with Crippen LogP contribution >= 0.6 is 33.2 Å². The van der Waals surface area contributed by atoms with Gasteiger partial charge in [-0.1, -0.05) is 30.3 Å². The Balaban J connectivity index is 2.20. The van der Waals surface area contributed by atoms with Crippen molar-refractivity contribution < 1.29 is 9.84 Å². The third-order valence-electron chi connectivity index (χ3n) is 3.57. The Morgan fingerprint density at radius 1 is 1.04 bits per heavy atom. The molecule has 0 aliphatic carbocycles. The molecule has 2 rings (SSSR count). The van der Waals surface area contributed by atoms with Crippen molar-refractivity contribution in [3.8, 4) is 16.9 Å². The van der Waals surface area contributed by atoms with Crippen LogP contribution in [0.2, 0.25) is 6.04 Å². The second-order valence-electron chi connectivity index (χ2n) is 5.44. The van der Waals surface area contributed by atoms with Gasteiger partial charge in [0.25, 0.3) is 0 Å². The third kappa shape index (κ3) is 6.01. The summed E-state index contributed by atoms with van der Waals surface area (Å²) in [6.45, 7) is 0.594. The Morgan fingerprint density at radius 3 is 2.35 bits per heavy atom. The lowest BCUT2D eigenvalue weighted by Crippen LogP contribution is -2.08. The lowest BCUT2D eigenvalue weighted by Gasteiger charge is -2.12. The van der Waals surface area contributed by atoms with Crippen molar-refractivity contribution in [2.45, 2.75) is 25.5 Å². The van der Waals surface area contributed by atoms with Gasteiger partial charge in [0.05, 0.1) is 6.61 Å². The minimum absolute atomic E-state index is 0.255. The first-order valence-corrected chi connectivity index (χ1v) is 12.6. The van der Waals surface area contributed by atoms with Crippen molar-refractivity contribution in [3.05, 3.63) is 53.6 Å². The van der Waals surface area contributed by atoms with Crippen LogP contribution in [0.25, 0.3) is 11.1 Å². The predicted molar refractivity (Wildman–Crippen MR) is 101 cm³/mol. The van der Waals surface area contributed by atoms with Gasteiger partial charge in [-0.3, -0.25) is 0 Å². The number of hydrogen-bond donors (Lipinski definition) is 1. The molecular formula is C17H19Cl3O2Si. The quantitative estimate of drug-likeness (QED) is 0.479. The Hall–Kier alpha value is -0.713. The van der Waals surface area contributed by atoms with Gasteiger partial charge in [0, 0.05) is 7.11 Å². The number of phenolic OH excluding ortho intramolecular Hbond substituents is 1. The standard InChI is InChI=1S/C17H19Cl3O2Si/c1-22-12-13-4-6-14(7-5-13)17-9-8-16(21)11-15(17)3-2-10-23(18,19)20/h4-9,11,21H,2-3,10,12H2,1H3. The Kier molecular flexibility index (Phi) is 6.80. The second-order valence-corrected chi connectivity index (χ2v) is 14.7. The van der Waals surface area contributed by atoms with Crippen molar-refractivity contribution in [2.24, 2.45) is 0 Å². The smallest absolute Gasteiger partial charge is 0.341 e. The maximum absolute atomic E-state index is 9.77. The molecule has 0 radical (unpaired) electrons. The third-order valence-corrected chi connectivity index (χ3v) is 6.19. The first-order chi connectivity index (χ1) is 10.9. The zero-order valence-electron chi connectivity index (χ0n) is 12.9. The van der Waals surface area contributed by atoms with Gasteiger partial charge in [0.1, 0.15) is 5.75 Å².